The van der Waals surface area contributed by atoms with Gasteiger partial charge in [-0.15, -0.1) is 0 Å². The molecule has 144 valence electrons. The number of nitrogens with zero attached hydrogens (tertiary/aromatic N) is 1. The molecule has 2 heterocycles. The number of hydrogen-bond donors (Lipinski definition) is 1. The second-order valence-electron chi connectivity index (χ2n) is 7.69. The van der Waals surface area contributed by atoms with Gasteiger partial charge in [-0.3, -0.25) is 10.1 Å². The fraction of sp³-hybridized carbons (Fsp3) is 0.667. The molecule has 2 aliphatic heterocycles. The summed E-state index contributed by atoms with van der Waals surface area (Å²) >= 11 is 6.10. The maximum Gasteiger partial charge on any atom is 0.323 e. The minimum atomic E-state index is -0.270. The van der Waals surface area contributed by atoms with Crippen LogP contribution in [0, 0.1) is 5.92 Å². The highest BCUT2D eigenvalue weighted by Crippen LogP contribution is 2.42. The van der Waals surface area contributed by atoms with Crippen LogP contribution in [0.15, 0.2) is 24.3 Å². The molecule has 0 aromatic heterocycles. The normalized spacial score (nSPS) is 27.9. The summed E-state index contributed by atoms with van der Waals surface area (Å²) in [5.41, 5.74) is 1.21. The Balaban J connectivity index is 1.82. The van der Waals surface area contributed by atoms with Crippen molar-refractivity contribution in [1.82, 2.24) is 10.2 Å². The standard InChI is InChI=1S/C21H31ClN2O2/c1-4-19(21(25)26-5-2)23-20(14-6-8-16(22)9-7-14)15-12-17-10-11-18(13-15)24(17)3/h6-9,15,17-20,23H,4-5,10-13H2,1-3H3/t15?,17-,18+,19-,20+/m0/s1. The minimum Gasteiger partial charge on any atom is -0.465 e. The Kier molecular flexibility index (Phi) is 6.60. The fourth-order valence-corrected chi connectivity index (χ4v) is 4.84. The van der Waals surface area contributed by atoms with E-state index in [4.69, 9.17) is 16.3 Å². The SMILES string of the molecule is CCOC(=O)[C@H](CC)N[C@H](c1ccc(Cl)cc1)C1C[C@H]2CC[C@@H](C1)N2C. The fourth-order valence-electron chi connectivity index (χ4n) is 4.71. The summed E-state index contributed by atoms with van der Waals surface area (Å²) in [4.78, 5) is 14.9. The van der Waals surface area contributed by atoms with Crippen molar-refractivity contribution >= 4 is 17.6 Å². The third kappa shape index (κ3) is 4.24. The van der Waals surface area contributed by atoms with E-state index in [9.17, 15) is 4.79 Å². The zero-order valence-corrected chi connectivity index (χ0v) is 16.8. The molecule has 2 bridgehead atoms. The van der Waals surface area contributed by atoms with Crippen molar-refractivity contribution in [2.24, 2.45) is 5.92 Å². The van der Waals surface area contributed by atoms with Gasteiger partial charge in [0.2, 0.25) is 0 Å². The molecule has 0 radical (unpaired) electrons. The summed E-state index contributed by atoms with van der Waals surface area (Å²) in [7, 11) is 2.26. The van der Waals surface area contributed by atoms with Crippen LogP contribution in [-0.2, 0) is 9.53 Å². The second kappa shape index (κ2) is 8.73. The van der Waals surface area contributed by atoms with E-state index in [-0.39, 0.29) is 18.1 Å². The van der Waals surface area contributed by atoms with Crippen molar-refractivity contribution in [2.45, 2.75) is 70.1 Å². The van der Waals surface area contributed by atoms with Gasteiger partial charge < -0.3 is 9.64 Å². The van der Waals surface area contributed by atoms with Gasteiger partial charge in [0.25, 0.3) is 0 Å². The van der Waals surface area contributed by atoms with E-state index in [1.165, 1.54) is 31.2 Å². The first-order valence-electron chi connectivity index (χ1n) is 9.93. The summed E-state index contributed by atoms with van der Waals surface area (Å²) in [6.07, 6.45) is 5.65. The Hall–Kier alpha value is -1.10. The van der Waals surface area contributed by atoms with E-state index >= 15 is 0 Å². The molecule has 5 atom stereocenters. The molecule has 2 aliphatic rings. The molecule has 4 nitrogen and oxygen atoms in total. The number of nitrogens with one attached hydrogen (secondary N) is 1. The lowest BCUT2D eigenvalue weighted by molar-refractivity contribution is -0.146. The Bertz CT molecular complexity index is 593. The van der Waals surface area contributed by atoms with E-state index in [1.54, 1.807) is 0 Å². The number of rotatable bonds is 7. The number of esters is 1. The molecule has 2 fully saturated rings. The second-order valence-corrected chi connectivity index (χ2v) is 8.13. The molecule has 0 amide bonds. The summed E-state index contributed by atoms with van der Waals surface area (Å²) in [5, 5.41) is 4.39. The molecule has 2 saturated heterocycles. The van der Waals surface area contributed by atoms with Gasteiger partial charge in [0.15, 0.2) is 0 Å². The third-order valence-corrected chi connectivity index (χ3v) is 6.45. The summed E-state index contributed by atoms with van der Waals surface area (Å²) < 4.78 is 5.28. The first-order chi connectivity index (χ1) is 12.5. The number of carbonyl (C=O) groups is 1. The van der Waals surface area contributed by atoms with Crippen molar-refractivity contribution in [2.75, 3.05) is 13.7 Å². The molecule has 1 aromatic carbocycles. The number of fused-ring (bicyclic) bond motifs is 2. The molecule has 1 unspecified atom stereocenters. The van der Waals surface area contributed by atoms with Crippen LogP contribution in [0.4, 0.5) is 0 Å². The van der Waals surface area contributed by atoms with E-state index in [2.05, 4.69) is 29.4 Å². The molecule has 3 rings (SSSR count). The number of piperidine rings is 1. The average molecular weight is 379 g/mol. The molecular weight excluding hydrogens is 348 g/mol. The van der Waals surface area contributed by atoms with Gasteiger partial charge in [-0.05, 0) is 69.7 Å². The lowest BCUT2D eigenvalue weighted by Crippen LogP contribution is -2.47. The van der Waals surface area contributed by atoms with E-state index < -0.39 is 0 Å². The van der Waals surface area contributed by atoms with Gasteiger partial charge in [0, 0.05) is 23.1 Å². The van der Waals surface area contributed by atoms with E-state index in [1.807, 2.05) is 26.0 Å². The first-order valence-corrected chi connectivity index (χ1v) is 10.3. The Labute approximate surface area is 162 Å². The summed E-state index contributed by atoms with van der Waals surface area (Å²) in [6.45, 7) is 4.31. The van der Waals surface area contributed by atoms with Crippen LogP contribution in [0.1, 0.15) is 57.6 Å². The highest BCUT2D eigenvalue weighted by molar-refractivity contribution is 6.30. The first kappa shape index (κ1) is 19.7. The molecule has 1 aromatic rings. The Morgan fingerprint density at radius 1 is 1.23 bits per heavy atom. The molecule has 0 aliphatic carbocycles. The van der Waals surface area contributed by atoms with Crippen LogP contribution in [0.2, 0.25) is 5.02 Å². The number of carbonyl (C=O) groups excluding carboxylic acids is 1. The molecular formula is C21H31ClN2O2. The van der Waals surface area contributed by atoms with Gasteiger partial charge in [-0.25, -0.2) is 0 Å². The van der Waals surface area contributed by atoms with Crippen molar-refractivity contribution in [1.29, 1.82) is 0 Å². The lowest BCUT2D eigenvalue weighted by Gasteiger charge is -2.41. The van der Waals surface area contributed by atoms with Gasteiger partial charge in [-0.2, -0.15) is 0 Å². The summed E-state index contributed by atoms with van der Waals surface area (Å²) in [5.74, 6) is 0.373. The number of ether oxygens (including phenoxy) is 1. The largest absolute Gasteiger partial charge is 0.465 e. The van der Waals surface area contributed by atoms with Crippen LogP contribution in [0.3, 0.4) is 0 Å². The van der Waals surface area contributed by atoms with Crippen molar-refractivity contribution in [3.63, 3.8) is 0 Å². The maximum atomic E-state index is 12.4. The minimum absolute atomic E-state index is 0.148. The predicted octanol–water partition coefficient (Wildman–Crippen LogP) is 4.19. The van der Waals surface area contributed by atoms with Crippen LogP contribution >= 0.6 is 11.6 Å². The van der Waals surface area contributed by atoms with Crippen LogP contribution < -0.4 is 5.32 Å². The van der Waals surface area contributed by atoms with Gasteiger partial charge in [-0.1, -0.05) is 30.7 Å². The number of halogens is 1. The monoisotopic (exact) mass is 378 g/mol. The van der Waals surface area contributed by atoms with Crippen molar-refractivity contribution in [3.8, 4) is 0 Å². The number of hydrogen-bond acceptors (Lipinski definition) is 4. The zero-order valence-electron chi connectivity index (χ0n) is 16.1. The predicted molar refractivity (Wildman–Crippen MR) is 105 cm³/mol. The summed E-state index contributed by atoms with van der Waals surface area (Å²) in [6, 6.07) is 9.29. The molecule has 26 heavy (non-hydrogen) atoms. The van der Waals surface area contributed by atoms with Crippen LogP contribution in [-0.4, -0.2) is 42.6 Å². The zero-order chi connectivity index (χ0) is 18.7. The quantitative estimate of drug-likeness (QED) is 0.722. The van der Waals surface area contributed by atoms with Gasteiger partial charge in [0.1, 0.15) is 6.04 Å². The molecule has 5 heteroatoms. The van der Waals surface area contributed by atoms with Gasteiger partial charge >= 0.3 is 5.97 Å². The third-order valence-electron chi connectivity index (χ3n) is 6.20. The molecule has 0 saturated carbocycles. The topological polar surface area (TPSA) is 41.6 Å². The highest BCUT2D eigenvalue weighted by Gasteiger charge is 2.42. The van der Waals surface area contributed by atoms with Crippen LogP contribution in [0.5, 0.6) is 0 Å². The average Bonchev–Trinajstić information content (AvgIpc) is 2.84. The lowest BCUT2D eigenvalue weighted by atomic mass is 9.81. The van der Waals surface area contributed by atoms with Crippen LogP contribution in [0.25, 0.3) is 0 Å². The van der Waals surface area contributed by atoms with Crippen molar-refractivity contribution in [3.05, 3.63) is 34.9 Å². The molecule has 0 spiro atoms. The van der Waals surface area contributed by atoms with E-state index in [0.29, 0.717) is 24.6 Å². The molecule has 1 N–H and O–H groups in total. The number of benzene rings is 1. The van der Waals surface area contributed by atoms with Crippen molar-refractivity contribution < 1.29 is 9.53 Å². The van der Waals surface area contributed by atoms with E-state index in [0.717, 1.165) is 11.4 Å². The smallest absolute Gasteiger partial charge is 0.323 e. The maximum absolute atomic E-state index is 12.4. The highest BCUT2D eigenvalue weighted by atomic mass is 35.5. The Morgan fingerprint density at radius 3 is 2.38 bits per heavy atom. The van der Waals surface area contributed by atoms with Gasteiger partial charge in [0.05, 0.1) is 6.61 Å². The Morgan fingerprint density at radius 2 is 1.85 bits per heavy atom.